The summed E-state index contributed by atoms with van der Waals surface area (Å²) in [6.45, 7) is 6.55. The van der Waals surface area contributed by atoms with Gasteiger partial charge in [0.05, 0.1) is 12.6 Å². The van der Waals surface area contributed by atoms with E-state index in [-0.39, 0.29) is 30.2 Å². The number of rotatable bonds is 9. The van der Waals surface area contributed by atoms with Crippen LogP contribution < -0.4 is 10.2 Å². The van der Waals surface area contributed by atoms with Gasteiger partial charge in [-0.15, -0.1) is 0 Å². The second kappa shape index (κ2) is 10.0. The summed E-state index contributed by atoms with van der Waals surface area (Å²) < 4.78 is 13.5. The highest BCUT2D eigenvalue weighted by molar-refractivity contribution is 5.81. The number of nitrogens with one attached hydrogen (secondary N) is 1. The highest BCUT2D eigenvalue weighted by Crippen LogP contribution is 2.34. The van der Waals surface area contributed by atoms with Gasteiger partial charge in [-0.1, -0.05) is 44.9 Å². The van der Waals surface area contributed by atoms with Gasteiger partial charge in [-0.3, -0.25) is 4.79 Å². The van der Waals surface area contributed by atoms with E-state index in [0.29, 0.717) is 0 Å². The van der Waals surface area contributed by atoms with Gasteiger partial charge in [0.25, 0.3) is 0 Å². The van der Waals surface area contributed by atoms with Crippen LogP contribution in [0.1, 0.15) is 50.3 Å². The molecule has 0 bridgehead atoms. The highest BCUT2D eigenvalue weighted by Gasteiger charge is 2.28. The van der Waals surface area contributed by atoms with Crippen LogP contribution in [-0.2, 0) is 4.79 Å². The maximum Gasteiger partial charge on any atom is 0.239 e. The lowest BCUT2D eigenvalue weighted by molar-refractivity contribution is -0.119. The molecule has 146 valence electrons. The van der Waals surface area contributed by atoms with E-state index in [9.17, 15) is 9.18 Å². The number of aryl methyl sites for hydroxylation is 1. The van der Waals surface area contributed by atoms with Gasteiger partial charge in [-0.2, -0.15) is 0 Å². The van der Waals surface area contributed by atoms with E-state index in [4.69, 9.17) is 0 Å². The molecule has 2 aromatic rings. The third-order valence-electron chi connectivity index (χ3n) is 4.88. The summed E-state index contributed by atoms with van der Waals surface area (Å²) >= 11 is 0. The fraction of sp³-hybridized carbons (Fsp3) is 0.455. The highest BCUT2D eigenvalue weighted by atomic mass is 19.1. The number of nitrogens with zero attached hydrogens (tertiary/aromatic N) is 2. The van der Waals surface area contributed by atoms with Gasteiger partial charge in [0.2, 0.25) is 5.91 Å². The van der Waals surface area contributed by atoms with Crippen molar-refractivity contribution in [3.05, 3.63) is 59.5 Å². The van der Waals surface area contributed by atoms with Crippen molar-refractivity contribution in [2.75, 3.05) is 18.5 Å². The van der Waals surface area contributed by atoms with Crippen molar-refractivity contribution in [2.45, 2.75) is 46.1 Å². The number of carbonyl (C=O) groups excluding carboxylic acids is 1. The molecule has 1 amide bonds. The Morgan fingerprint density at radius 1 is 1.22 bits per heavy atom. The molecule has 0 fully saturated rings. The molecule has 0 aliphatic rings. The summed E-state index contributed by atoms with van der Waals surface area (Å²) in [4.78, 5) is 18.8. The smallest absolute Gasteiger partial charge is 0.239 e. The molecule has 0 aliphatic heterocycles. The van der Waals surface area contributed by atoms with Crippen LogP contribution in [0, 0.1) is 18.7 Å². The average molecular weight is 372 g/mol. The predicted molar refractivity (Wildman–Crippen MR) is 108 cm³/mol. The number of likely N-dealkylation sites (N-methyl/N-ethyl adjacent to an activating group) is 1. The third kappa shape index (κ3) is 5.78. The number of hydrogen-bond acceptors (Lipinski definition) is 3. The van der Waals surface area contributed by atoms with Gasteiger partial charge < -0.3 is 10.2 Å². The summed E-state index contributed by atoms with van der Waals surface area (Å²) in [5.41, 5.74) is 2.06. The van der Waals surface area contributed by atoms with Crippen molar-refractivity contribution in [1.82, 2.24) is 10.3 Å². The molecule has 2 atom stereocenters. The number of halogens is 1. The molecule has 0 aliphatic carbocycles. The van der Waals surface area contributed by atoms with Crippen molar-refractivity contribution in [3.63, 3.8) is 0 Å². The largest absolute Gasteiger partial charge is 0.358 e. The van der Waals surface area contributed by atoms with Crippen molar-refractivity contribution >= 4 is 11.7 Å². The first-order valence-electron chi connectivity index (χ1n) is 9.61. The summed E-state index contributed by atoms with van der Waals surface area (Å²) in [6, 6.07) is 10.5. The molecule has 0 saturated carbocycles. The Morgan fingerprint density at radius 3 is 2.48 bits per heavy atom. The molecule has 1 aromatic carbocycles. The van der Waals surface area contributed by atoms with Gasteiger partial charge in [-0.05, 0) is 48.6 Å². The van der Waals surface area contributed by atoms with E-state index in [1.54, 1.807) is 7.05 Å². The minimum absolute atomic E-state index is 0.0651. The summed E-state index contributed by atoms with van der Waals surface area (Å²) in [6.07, 6.45) is 5.05. The van der Waals surface area contributed by atoms with Crippen LogP contribution in [0.5, 0.6) is 0 Å². The fourth-order valence-electron chi connectivity index (χ4n) is 3.35. The molecule has 27 heavy (non-hydrogen) atoms. The minimum atomic E-state index is -0.259. The number of carbonyl (C=O) groups is 1. The first-order chi connectivity index (χ1) is 13.0. The lowest BCUT2D eigenvalue weighted by Gasteiger charge is -2.37. The number of pyridine rings is 1. The standard InChI is InChI=1S/C22H30FN3O/c1-5-6-7-17(3)22(18-9-11-19(23)12-10-18)26(15-21(27)24-4)20-13-8-16(2)14-25-20/h8-14,17,22H,5-7,15H2,1-4H3,(H,24,27). The van der Waals surface area contributed by atoms with E-state index in [0.717, 1.165) is 36.2 Å². The molecule has 2 rings (SSSR count). The van der Waals surface area contributed by atoms with Crippen LogP contribution in [0.4, 0.5) is 10.2 Å². The molecule has 2 unspecified atom stereocenters. The monoisotopic (exact) mass is 371 g/mol. The predicted octanol–water partition coefficient (Wildman–Crippen LogP) is 4.65. The average Bonchev–Trinajstić information content (AvgIpc) is 2.67. The molecular formula is C22H30FN3O. The number of unbranched alkanes of at least 4 members (excludes halogenated alkanes) is 1. The quantitative estimate of drug-likeness (QED) is 0.698. The van der Waals surface area contributed by atoms with Crippen LogP contribution in [0.3, 0.4) is 0 Å². The van der Waals surface area contributed by atoms with Crippen molar-refractivity contribution in [1.29, 1.82) is 0 Å². The second-order valence-corrected chi connectivity index (χ2v) is 7.11. The van der Waals surface area contributed by atoms with E-state index >= 15 is 0 Å². The summed E-state index contributed by atoms with van der Waals surface area (Å²) in [5, 5.41) is 2.71. The van der Waals surface area contributed by atoms with E-state index < -0.39 is 0 Å². The van der Waals surface area contributed by atoms with Gasteiger partial charge in [0, 0.05) is 13.2 Å². The number of benzene rings is 1. The molecule has 0 saturated heterocycles. The molecule has 0 radical (unpaired) electrons. The Balaban J connectivity index is 2.47. The number of hydrogen-bond donors (Lipinski definition) is 1. The third-order valence-corrected chi connectivity index (χ3v) is 4.88. The lowest BCUT2D eigenvalue weighted by atomic mass is 9.88. The van der Waals surface area contributed by atoms with E-state index in [1.807, 2.05) is 42.3 Å². The Bertz CT molecular complexity index is 715. The van der Waals surface area contributed by atoms with Crippen molar-refractivity contribution in [2.24, 2.45) is 5.92 Å². The SMILES string of the molecule is CCCCC(C)C(c1ccc(F)cc1)N(CC(=O)NC)c1ccc(C)cn1. The van der Waals surface area contributed by atoms with Crippen LogP contribution in [-0.4, -0.2) is 24.5 Å². The van der Waals surface area contributed by atoms with Gasteiger partial charge in [0.1, 0.15) is 11.6 Å². The normalized spacial score (nSPS) is 13.1. The Hall–Kier alpha value is -2.43. The van der Waals surface area contributed by atoms with Crippen LogP contribution in [0.15, 0.2) is 42.6 Å². The van der Waals surface area contributed by atoms with Crippen molar-refractivity contribution in [3.8, 4) is 0 Å². The van der Waals surface area contributed by atoms with Crippen molar-refractivity contribution < 1.29 is 9.18 Å². The molecule has 4 nitrogen and oxygen atoms in total. The minimum Gasteiger partial charge on any atom is -0.358 e. The molecule has 1 aromatic heterocycles. The van der Waals surface area contributed by atoms with E-state index in [1.165, 1.54) is 12.1 Å². The Labute approximate surface area is 161 Å². The van der Waals surface area contributed by atoms with Crippen LogP contribution in [0.2, 0.25) is 0 Å². The molecule has 5 heteroatoms. The summed E-state index contributed by atoms with van der Waals surface area (Å²) in [5.74, 6) is 0.697. The second-order valence-electron chi connectivity index (χ2n) is 7.11. The molecule has 1 heterocycles. The first-order valence-corrected chi connectivity index (χ1v) is 9.61. The maximum absolute atomic E-state index is 13.5. The summed E-state index contributed by atoms with van der Waals surface area (Å²) in [7, 11) is 1.64. The maximum atomic E-state index is 13.5. The molecule has 1 N–H and O–H groups in total. The Kier molecular flexibility index (Phi) is 7.77. The fourth-order valence-corrected chi connectivity index (χ4v) is 3.35. The van der Waals surface area contributed by atoms with Crippen LogP contribution in [0.25, 0.3) is 0 Å². The lowest BCUT2D eigenvalue weighted by Crippen LogP contribution is -2.41. The van der Waals surface area contributed by atoms with Crippen LogP contribution >= 0.6 is 0 Å². The van der Waals surface area contributed by atoms with Gasteiger partial charge in [-0.25, -0.2) is 9.37 Å². The molecule has 0 spiro atoms. The van der Waals surface area contributed by atoms with Gasteiger partial charge >= 0.3 is 0 Å². The Morgan fingerprint density at radius 2 is 1.93 bits per heavy atom. The number of aromatic nitrogens is 1. The first kappa shape index (κ1) is 20.9. The number of amides is 1. The topological polar surface area (TPSA) is 45.2 Å². The zero-order valence-electron chi connectivity index (χ0n) is 16.7. The number of anilines is 1. The zero-order chi connectivity index (χ0) is 19.8. The molecular weight excluding hydrogens is 341 g/mol. The van der Waals surface area contributed by atoms with Gasteiger partial charge in [0.15, 0.2) is 0 Å². The van der Waals surface area contributed by atoms with E-state index in [2.05, 4.69) is 24.1 Å². The zero-order valence-corrected chi connectivity index (χ0v) is 16.7.